The van der Waals surface area contributed by atoms with Crippen molar-refractivity contribution in [1.29, 1.82) is 0 Å². The first-order valence-corrected chi connectivity index (χ1v) is 8.60. The molecule has 0 amide bonds. The number of aromatic nitrogens is 4. The van der Waals surface area contributed by atoms with E-state index in [1.165, 1.54) is 0 Å². The Hall–Kier alpha value is -1.63. The molecule has 0 radical (unpaired) electrons. The fourth-order valence-corrected chi connectivity index (χ4v) is 3.06. The summed E-state index contributed by atoms with van der Waals surface area (Å²) in [7, 11) is 0. The lowest BCUT2D eigenvalue weighted by atomic mass is 10.2. The van der Waals surface area contributed by atoms with E-state index in [1.54, 1.807) is 12.7 Å². The quantitative estimate of drug-likeness (QED) is 0.532. The lowest BCUT2D eigenvalue weighted by Crippen LogP contribution is -2.27. The van der Waals surface area contributed by atoms with Gasteiger partial charge in [0.15, 0.2) is 4.64 Å². The van der Waals surface area contributed by atoms with Crippen molar-refractivity contribution in [2.75, 3.05) is 29.7 Å². The Morgan fingerprint density at radius 3 is 2.43 bits per heavy atom. The van der Waals surface area contributed by atoms with Crippen molar-refractivity contribution in [1.82, 2.24) is 19.5 Å². The van der Waals surface area contributed by atoms with Crippen LogP contribution in [0.25, 0.3) is 16.9 Å². The van der Waals surface area contributed by atoms with E-state index in [-0.39, 0.29) is 0 Å². The van der Waals surface area contributed by atoms with Crippen molar-refractivity contribution in [3.8, 4) is 5.69 Å². The average molecular weight is 368 g/mol. The molecule has 0 atom stereocenters. The molecular weight excluding hydrogens is 353 g/mol. The molecule has 0 unspecified atom stereocenters. The minimum absolute atomic E-state index is 0.490. The number of imidazole rings is 1. The third-order valence-corrected chi connectivity index (χ3v) is 4.19. The summed E-state index contributed by atoms with van der Waals surface area (Å²) in [6.45, 7) is 1.53. The van der Waals surface area contributed by atoms with Gasteiger partial charge in [0.1, 0.15) is 17.5 Å². The summed E-state index contributed by atoms with van der Waals surface area (Å²) in [4.78, 5) is 13.6. The van der Waals surface area contributed by atoms with Crippen LogP contribution in [0.5, 0.6) is 0 Å². The van der Waals surface area contributed by atoms with Crippen LogP contribution >= 0.6 is 35.4 Å². The number of benzene rings is 1. The second kappa shape index (κ2) is 7.29. The lowest BCUT2D eigenvalue weighted by molar-refractivity contribution is 0.873. The molecular formula is C15H15Cl2N5S. The van der Waals surface area contributed by atoms with Gasteiger partial charge in [0.25, 0.3) is 0 Å². The molecule has 5 nitrogen and oxygen atoms in total. The Balaban J connectivity index is 1.95. The Morgan fingerprint density at radius 1 is 1.09 bits per heavy atom. The predicted molar refractivity (Wildman–Crippen MR) is 97.7 cm³/mol. The van der Waals surface area contributed by atoms with E-state index in [0.29, 0.717) is 21.9 Å². The standard InChI is InChI=1S/C15H15Cl2N5S/c16-5-7-21(8-6-17)11-1-3-12(4-2-11)22-10-20-13-14(22)18-9-19-15(13)23/h1-4,9-10H,5-8H2,(H,18,19,23). The number of fused-ring (bicyclic) bond motifs is 1. The molecule has 120 valence electrons. The van der Waals surface area contributed by atoms with Gasteiger partial charge in [-0.2, -0.15) is 0 Å². The summed E-state index contributed by atoms with van der Waals surface area (Å²) in [6.07, 6.45) is 3.32. The number of rotatable bonds is 6. The van der Waals surface area contributed by atoms with E-state index >= 15 is 0 Å². The molecule has 0 aliphatic carbocycles. The first kappa shape index (κ1) is 16.2. The first-order valence-electron chi connectivity index (χ1n) is 7.12. The molecule has 1 aromatic carbocycles. The molecule has 0 fully saturated rings. The molecule has 0 saturated carbocycles. The summed E-state index contributed by atoms with van der Waals surface area (Å²) in [6, 6.07) is 8.17. The van der Waals surface area contributed by atoms with E-state index in [2.05, 4.69) is 32.0 Å². The molecule has 0 saturated heterocycles. The Morgan fingerprint density at radius 2 is 1.78 bits per heavy atom. The van der Waals surface area contributed by atoms with Crippen LogP contribution in [0.4, 0.5) is 5.69 Å². The van der Waals surface area contributed by atoms with Gasteiger partial charge < -0.3 is 9.88 Å². The van der Waals surface area contributed by atoms with Crippen molar-refractivity contribution < 1.29 is 0 Å². The van der Waals surface area contributed by atoms with E-state index < -0.39 is 0 Å². The Bertz CT molecular complexity index is 837. The number of alkyl halides is 2. The number of hydrogen-bond donors (Lipinski definition) is 1. The van der Waals surface area contributed by atoms with E-state index in [9.17, 15) is 0 Å². The maximum atomic E-state index is 5.86. The SMILES string of the molecule is S=c1nc[nH]c2c1ncn2-c1ccc(N(CCCl)CCCl)cc1. The van der Waals surface area contributed by atoms with E-state index in [1.807, 2.05) is 16.7 Å². The smallest absolute Gasteiger partial charge is 0.157 e. The molecule has 0 spiro atoms. The van der Waals surface area contributed by atoms with Gasteiger partial charge in [-0.25, -0.2) is 9.97 Å². The van der Waals surface area contributed by atoms with Crippen LogP contribution in [0.15, 0.2) is 36.9 Å². The molecule has 2 heterocycles. The zero-order valence-corrected chi connectivity index (χ0v) is 14.6. The van der Waals surface area contributed by atoms with Crippen LogP contribution in [0.1, 0.15) is 0 Å². The van der Waals surface area contributed by atoms with Crippen molar-refractivity contribution >= 4 is 52.3 Å². The van der Waals surface area contributed by atoms with Crippen molar-refractivity contribution in [2.24, 2.45) is 0 Å². The highest BCUT2D eigenvalue weighted by atomic mass is 35.5. The molecule has 3 aromatic rings. The van der Waals surface area contributed by atoms with Crippen LogP contribution in [0.3, 0.4) is 0 Å². The minimum Gasteiger partial charge on any atom is -0.369 e. The third kappa shape index (κ3) is 3.34. The highest BCUT2D eigenvalue weighted by molar-refractivity contribution is 7.71. The lowest BCUT2D eigenvalue weighted by Gasteiger charge is -2.23. The number of halogens is 2. The summed E-state index contributed by atoms with van der Waals surface area (Å²) in [5, 5.41) is 0. The largest absolute Gasteiger partial charge is 0.369 e. The van der Waals surface area contributed by atoms with Crippen molar-refractivity contribution in [2.45, 2.75) is 0 Å². The van der Waals surface area contributed by atoms with Crippen LogP contribution < -0.4 is 4.90 Å². The van der Waals surface area contributed by atoms with Gasteiger partial charge in [-0.15, -0.1) is 23.2 Å². The van der Waals surface area contributed by atoms with E-state index in [0.717, 1.165) is 30.1 Å². The Kier molecular flexibility index (Phi) is 5.15. The van der Waals surface area contributed by atoms with Gasteiger partial charge in [0.2, 0.25) is 0 Å². The zero-order valence-electron chi connectivity index (χ0n) is 12.2. The van der Waals surface area contributed by atoms with Crippen molar-refractivity contribution in [3.63, 3.8) is 0 Å². The molecule has 23 heavy (non-hydrogen) atoms. The second-order valence-corrected chi connectivity index (χ2v) is 6.04. The number of nitrogens with one attached hydrogen (secondary N) is 1. The summed E-state index contributed by atoms with van der Waals surface area (Å²) < 4.78 is 2.44. The van der Waals surface area contributed by atoms with Crippen LogP contribution in [0.2, 0.25) is 0 Å². The van der Waals surface area contributed by atoms with Gasteiger partial charge in [-0.1, -0.05) is 12.2 Å². The normalized spacial score (nSPS) is 11.0. The second-order valence-electron chi connectivity index (χ2n) is 4.90. The number of H-pyrrole nitrogens is 1. The average Bonchev–Trinajstić information content (AvgIpc) is 3.00. The first-order chi connectivity index (χ1) is 11.2. The van der Waals surface area contributed by atoms with Gasteiger partial charge in [-0.05, 0) is 24.3 Å². The van der Waals surface area contributed by atoms with Crippen LogP contribution in [-0.4, -0.2) is 44.4 Å². The molecule has 0 aliphatic heterocycles. The summed E-state index contributed by atoms with van der Waals surface area (Å²) in [5.41, 5.74) is 3.60. The van der Waals surface area contributed by atoms with Gasteiger partial charge in [-0.3, -0.25) is 4.57 Å². The number of hydrogen-bond acceptors (Lipinski definition) is 4. The number of anilines is 1. The molecule has 8 heteroatoms. The van der Waals surface area contributed by atoms with Gasteiger partial charge in [0, 0.05) is 36.2 Å². The molecule has 0 bridgehead atoms. The monoisotopic (exact) mass is 367 g/mol. The number of aromatic amines is 1. The van der Waals surface area contributed by atoms with E-state index in [4.69, 9.17) is 35.4 Å². The maximum Gasteiger partial charge on any atom is 0.157 e. The summed E-state index contributed by atoms with van der Waals surface area (Å²) in [5.74, 6) is 1.13. The van der Waals surface area contributed by atoms with Crippen LogP contribution in [-0.2, 0) is 0 Å². The third-order valence-electron chi connectivity index (χ3n) is 3.56. The minimum atomic E-state index is 0.490. The van der Waals surface area contributed by atoms with Gasteiger partial charge >= 0.3 is 0 Å². The molecule has 3 rings (SSSR count). The molecule has 0 aliphatic rings. The Labute approximate surface area is 148 Å². The van der Waals surface area contributed by atoms with Gasteiger partial charge in [0.05, 0.1) is 6.33 Å². The molecule has 1 N–H and O–H groups in total. The number of nitrogens with zero attached hydrogens (tertiary/aromatic N) is 4. The topological polar surface area (TPSA) is 49.7 Å². The fourth-order valence-electron chi connectivity index (χ4n) is 2.45. The zero-order chi connectivity index (χ0) is 16.2. The van der Waals surface area contributed by atoms with Crippen LogP contribution in [0, 0.1) is 4.64 Å². The van der Waals surface area contributed by atoms with Crippen molar-refractivity contribution in [3.05, 3.63) is 41.6 Å². The maximum absolute atomic E-state index is 5.86. The summed E-state index contributed by atoms with van der Waals surface area (Å²) >= 11 is 16.9. The molecule has 2 aromatic heterocycles. The highest BCUT2D eigenvalue weighted by Gasteiger charge is 2.09. The highest BCUT2D eigenvalue weighted by Crippen LogP contribution is 2.20. The fraction of sp³-hybridized carbons (Fsp3) is 0.267. The predicted octanol–water partition coefficient (Wildman–Crippen LogP) is 3.76.